The molecule has 0 radical (unpaired) electrons. The summed E-state index contributed by atoms with van der Waals surface area (Å²) in [6, 6.07) is 10.2. The fourth-order valence-corrected chi connectivity index (χ4v) is 2.62. The lowest BCUT2D eigenvalue weighted by Gasteiger charge is -1.99. The number of nitrogens with one attached hydrogen (secondary N) is 1. The van der Waals surface area contributed by atoms with Gasteiger partial charge in [-0.25, -0.2) is 5.43 Å². The van der Waals surface area contributed by atoms with E-state index in [9.17, 15) is 4.79 Å². The van der Waals surface area contributed by atoms with Gasteiger partial charge in [-0.15, -0.1) is 0 Å². The standard InChI is InChI=1S/C17H20N4O/c1-3-21-11-14(12(2)20-21)10-18-19-17(22)16-9-15(16)13-7-5-4-6-8-13/h4-8,10-11,15-16H,3,9H2,1-2H3,(H,19,22)/b18-10-. The van der Waals surface area contributed by atoms with Gasteiger partial charge in [0.25, 0.3) is 0 Å². The van der Waals surface area contributed by atoms with Crippen molar-refractivity contribution in [3.63, 3.8) is 0 Å². The number of hydrazone groups is 1. The zero-order chi connectivity index (χ0) is 15.5. The van der Waals surface area contributed by atoms with Gasteiger partial charge in [0, 0.05) is 24.2 Å². The second kappa shape index (κ2) is 6.13. The minimum absolute atomic E-state index is 0.00867. The number of rotatable bonds is 5. The van der Waals surface area contributed by atoms with Crippen LogP contribution >= 0.6 is 0 Å². The number of hydrogen-bond donors (Lipinski definition) is 1. The summed E-state index contributed by atoms with van der Waals surface area (Å²) in [6.07, 6.45) is 4.49. The van der Waals surface area contributed by atoms with Crippen molar-refractivity contribution >= 4 is 12.1 Å². The number of nitrogens with zero attached hydrogens (tertiary/aromatic N) is 3. The average Bonchev–Trinajstić information content (AvgIpc) is 3.27. The van der Waals surface area contributed by atoms with Crippen LogP contribution in [-0.2, 0) is 11.3 Å². The van der Waals surface area contributed by atoms with E-state index in [1.807, 2.05) is 42.9 Å². The minimum atomic E-state index is -0.00867. The molecule has 2 aromatic rings. The van der Waals surface area contributed by atoms with Crippen molar-refractivity contribution in [1.29, 1.82) is 0 Å². The smallest absolute Gasteiger partial charge is 0.243 e. The second-order valence-electron chi connectivity index (χ2n) is 5.62. The number of hydrogen-bond acceptors (Lipinski definition) is 3. The highest BCUT2D eigenvalue weighted by molar-refractivity contribution is 5.85. The second-order valence-corrected chi connectivity index (χ2v) is 5.62. The van der Waals surface area contributed by atoms with Crippen LogP contribution in [0.1, 0.15) is 36.1 Å². The van der Waals surface area contributed by atoms with Crippen LogP contribution in [0.2, 0.25) is 0 Å². The molecule has 1 amide bonds. The zero-order valence-electron chi connectivity index (χ0n) is 12.9. The molecule has 114 valence electrons. The molecular weight excluding hydrogens is 276 g/mol. The van der Waals surface area contributed by atoms with Gasteiger partial charge in [-0.2, -0.15) is 10.2 Å². The molecule has 1 N–H and O–H groups in total. The molecule has 0 saturated heterocycles. The molecule has 0 aliphatic heterocycles. The van der Waals surface area contributed by atoms with Gasteiger partial charge in [0.05, 0.1) is 11.9 Å². The van der Waals surface area contributed by atoms with Crippen molar-refractivity contribution in [2.75, 3.05) is 0 Å². The third-order valence-electron chi connectivity index (χ3n) is 4.04. The molecule has 1 heterocycles. The molecule has 0 bridgehead atoms. The highest BCUT2D eigenvalue weighted by Gasteiger charge is 2.43. The predicted molar refractivity (Wildman–Crippen MR) is 85.7 cm³/mol. The molecule has 1 fully saturated rings. The van der Waals surface area contributed by atoms with Gasteiger partial charge < -0.3 is 0 Å². The quantitative estimate of drug-likeness (QED) is 0.680. The highest BCUT2D eigenvalue weighted by atomic mass is 16.2. The van der Waals surface area contributed by atoms with Crippen LogP contribution in [0.4, 0.5) is 0 Å². The Bertz CT molecular complexity index is 690. The van der Waals surface area contributed by atoms with Gasteiger partial charge >= 0.3 is 0 Å². The molecule has 1 aliphatic carbocycles. The number of carbonyl (C=O) groups excluding carboxylic acids is 1. The maximum absolute atomic E-state index is 12.1. The Morgan fingerprint density at radius 2 is 2.23 bits per heavy atom. The topological polar surface area (TPSA) is 59.3 Å². The van der Waals surface area contributed by atoms with E-state index in [2.05, 4.69) is 27.8 Å². The SMILES string of the molecule is CCn1cc(/C=N\NC(=O)C2CC2c2ccccc2)c(C)n1. The molecule has 1 aliphatic rings. The van der Waals surface area contributed by atoms with Crippen LogP contribution < -0.4 is 5.43 Å². The van der Waals surface area contributed by atoms with E-state index in [4.69, 9.17) is 0 Å². The highest BCUT2D eigenvalue weighted by Crippen LogP contribution is 2.47. The van der Waals surface area contributed by atoms with E-state index in [0.717, 1.165) is 24.2 Å². The number of amides is 1. The van der Waals surface area contributed by atoms with Gasteiger partial charge in [0.15, 0.2) is 0 Å². The van der Waals surface area contributed by atoms with Crippen LogP contribution in [0.5, 0.6) is 0 Å². The summed E-state index contributed by atoms with van der Waals surface area (Å²) < 4.78 is 1.85. The first-order valence-electron chi connectivity index (χ1n) is 7.61. The Hall–Kier alpha value is -2.43. The molecule has 1 saturated carbocycles. The molecule has 3 rings (SSSR count). The van der Waals surface area contributed by atoms with Gasteiger partial charge in [-0.05, 0) is 31.7 Å². The number of carbonyl (C=O) groups is 1. The van der Waals surface area contributed by atoms with E-state index >= 15 is 0 Å². The fourth-order valence-electron chi connectivity index (χ4n) is 2.62. The summed E-state index contributed by atoms with van der Waals surface area (Å²) in [7, 11) is 0. The van der Waals surface area contributed by atoms with E-state index in [0.29, 0.717) is 5.92 Å². The van der Waals surface area contributed by atoms with Gasteiger partial charge in [0.1, 0.15) is 0 Å². The van der Waals surface area contributed by atoms with Crippen molar-refractivity contribution < 1.29 is 4.79 Å². The summed E-state index contributed by atoms with van der Waals surface area (Å²) in [4.78, 5) is 12.1. The van der Waals surface area contributed by atoms with Crippen molar-refractivity contribution in [2.24, 2.45) is 11.0 Å². The van der Waals surface area contributed by atoms with E-state index < -0.39 is 0 Å². The van der Waals surface area contributed by atoms with Crippen molar-refractivity contribution in [1.82, 2.24) is 15.2 Å². The lowest BCUT2D eigenvalue weighted by atomic mass is 10.1. The minimum Gasteiger partial charge on any atom is -0.273 e. The van der Waals surface area contributed by atoms with E-state index in [-0.39, 0.29) is 11.8 Å². The molecule has 1 aromatic carbocycles. The van der Waals surface area contributed by atoms with Crippen molar-refractivity contribution in [3.8, 4) is 0 Å². The molecule has 5 nitrogen and oxygen atoms in total. The third kappa shape index (κ3) is 3.08. The Morgan fingerprint density at radius 1 is 1.45 bits per heavy atom. The first-order chi connectivity index (χ1) is 10.7. The monoisotopic (exact) mass is 296 g/mol. The Balaban J connectivity index is 1.55. The maximum Gasteiger partial charge on any atom is 0.243 e. The fraction of sp³-hybridized carbons (Fsp3) is 0.353. The molecule has 1 aromatic heterocycles. The largest absolute Gasteiger partial charge is 0.273 e. The number of benzene rings is 1. The molecule has 2 atom stereocenters. The van der Waals surface area contributed by atoms with Gasteiger partial charge in [-0.1, -0.05) is 30.3 Å². The molecule has 5 heteroatoms. The predicted octanol–water partition coefficient (Wildman–Crippen LogP) is 2.47. The van der Waals surface area contributed by atoms with Crippen LogP contribution in [0, 0.1) is 12.8 Å². The summed E-state index contributed by atoms with van der Waals surface area (Å²) >= 11 is 0. The van der Waals surface area contributed by atoms with E-state index in [1.165, 1.54) is 5.56 Å². The van der Waals surface area contributed by atoms with E-state index in [1.54, 1.807) is 6.21 Å². The normalized spacial score (nSPS) is 20.3. The molecule has 0 spiro atoms. The zero-order valence-corrected chi connectivity index (χ0v) is 12.9. The Morgan fingerprint density at radius 3 is 2.91 bits per heavy atom. The van der Waals surface area contributed by atoms with Crippen LogP contribution in [0.15, 0.2) is 41.6 Å². The lowest BCUT2D eigenvalue weighted by molar-refractivity contribution is -0.122. The summed E-state index contributed by atoms with van der Waals surface area (Å²) in [5.74, 6) is 0.366. The first kappa shape index (κ1) is 14.5. The maximum atomic E-state index is 12.1. The van der Waals surface area contributed by atoms with Crippen LogP contribution in [0.3, 0.4) is 0 Å². The Kier molecular flexibility index (Phi) is 4.04. The third-order valence-corrected chi connectivity index (χ3v) is 4.04. The molecule has 22 heavy (non-hydrogen) atoms. The van der Waals surface area contributed by atoms with Gasteiger partial charge in [0.2, 0.25) is 5.91 Å². The summed E-state index contributed by atoms with van der Waals surface area (Å²) in [5.41, 5.74) is 5.71. The first-order valence-corrected chi connectivity index (χ1v) is 7.61. The summed E-state index contributed by atoms with van der Waals surface area (Å²) in [5, 5.41) is 8.40. The van der Waals surface area contributed by atoms with Crippen molar-refractivity contribution in [3.05, 3.63) is 53.3 Å². The summed E-state index contributed by atoms with van der Waals surface area (Å²) in [6.45, 7) is 4.79. The van der Waals surface area contributed by atoms with Crippen molar-refractivity contribution in [2.45, 2.75) is 32.7 Å². The van der Waals surface area contributed by atoms with Crippen LogP contribution in [0.25, 0.3) is 0 Å². The lowest BCUT2D eigenvalue weighted by Crippen LogP contribution is -2.20. The number of aryl methyl sites for hydroxylation is 2. The van der Waals surface area contributed by atoms with Gasteiger partial charge in [-0.3, -0.25) is 9.48 Å². The Labute approximate surface area is 130 Å². The van der Waals surface area contributed by atoms with Crippen LogP contribution in [-0.4, -0.2) is 21.9 Å². The molecule has 2 unspecified atom stereocenters. The molecular formula is C17H20N4O. The average molecular weight is 296 g/mol. The number of aromatic nitrogens is 2.